The number of benzene rings is 2. The summed E-state index contributed by atoms with van der Waals surface area (Å²) in [5.41, 5.74) is 2.49. The van der Waals surface area contributed by atoms with Crippen LogP contribution in [0.5, 0.6) is 0 Å². The first-order valence-corrected chi connectivity index (χ1v) is 7.00. The van der Waals surface area contributed by atoms with Crippen molar-refractivity contribution in [3.63, 3.8) is 0 Å². The zero-order valence-corrected chi connectivity index (χ0v) is 12.2. The Morgan fingerprint density at radius 1 is 1.14 bits per heavy atom. The lowest BCUT2D eigenvalue weighted by atomic mass is 10.1. The number of fused-ring (bicyclic) bond motifs is 1. The zero-order chi connectivity index (χ0) is 15.5. The van der Waals surface area contributed by atoms with E-state index in [1.54, 1.807) is 7.05 Å². The maximum atomic E-state index is 12.2. The fourth-order valence-electron chi connectivity index (χ4n) is 2.50. The molecule has 5 heteroatoms. The van der Waals surface area contributed by atoms with Crippen molar-refractivity contribution in [3.05, 3.63) is 65.7 Å². The minimum Gasteiger partial charge on any atom is -0.445 e. The zero-order valence-electron chi connectivity index (χ0n) is 12.2. The molecular weight excluding hydrogens is 280 g/mol. The van der Waals surface area contributed by atoms with Gasteiger partial charge in [0, 0.05) is 18.3 Å². The molecule has 1 aliphatic rings. The van der Waals surface area contributed by atoms with Crippen LogP contribution in [0.1, 0.15) is 17.2 Å². The van der Waals surface area contributed by atoms with Gasteiger partial charge in [0.1, 0.15) is 12.6 Å². The van der Waals surface area contributed by atoms with E-state index in [-0.39, 0.29) is 12.5 Å². The normalized spacial score (nSPS) is 16.3. The van der Waals surface area contributed by atoms with E-state index in [1.807, 2.05) is 54.6 Å². The minimum absolute atomic E-state index is 0.169. The van der Waals surface area contributed by atoms with E-state index in [2.05, 4.69) is 5.32 Å². The molecule has 0 saturated carbocycles. The highest BCUT2D eigenvalue weighted by atomic mass is 16.5. The molecule has 1 unspecified atom stereocenters. The summed E-state index contributed by atoms with van der Waals surface area (Å²) in [6, 6.07) is 16.1. The van der Waals surface area contributed by atoms with Crippen molar-refractivity contribution in [2.45, 2.75) is 12.6 Å². The summed E-state index contributed by atoms with van der Waals surface area (Å²) >= 11 is 0. The molecule has 0 radical (unpaired) electrons. The van der Waals surface area contributed by atoms with E-state index in [9.17, 15) is 9.59 Å². The molecule has 1 aliphatic heterocycles. The van der Waals surface area contributed by atoms with Gasteiger partial charge in [-0.15, -0.1) is 0 Å². The predicted molar refractivity (Wildman–Crippen MR) is 82.4 cm³/mol. The van der Waals surface area contributed by atoms with E-state index >= 15 is 0 Å². The Hall–Kier alpha value is -2.82. The molecule has 0 aromatic heterocycles. The standard InChI is InChI=1S/C17H16N2O3/c1-19-14-10-6-5-9-13(14)15(16(19)20)18-17(21)22-11-12-7-3-2-4-8-12/h2-10,15H,11H2,1H3,(H,18,21). The second-order valence-corrected chi connectivity index (χ2v) is 5.10. The molecule has 0 bridgehead atoms. The van der Waals surface area contributed by atoms with Crippen molar-refractivity contribution in [1.29, 1.82) is 0 Å². The van der Waals surface area contributed by atoms with Crippen LogP contribution in [-0.4, -0.2) is 19.0 Å². The van der Waals surface area contributed by atoms with E-state index in [1.165, 1.54) is 4.90 Å². The maximum Gasteiger partial charge on any atom is 0.408 e. The monoisotopic (exact) mass is 296 g/mol. The maximum absolute atomic E-state index is 12.2. The van der Waals surface area contributed by atoms with Crippen LogP contribution in [0, 0.1) is 0 Å². The van der Waals surface area contributed by atoms with Crippen LogP contribution < -0.4 is 10.2 Å². The fraction of sp³-hybridized carbons (Fsp3) is 0.176. The van der Waals surface area contributed by atoms with Crippen LogP contribution in [0.3, 0.4) is 0 Å². The van der Waals surface area contributed by atoms with Crippen molar-refractivity contribution in [3.8, 4) is 0 Å². The molecule has 5 nitrogen and oxygen atoms in total. The van der Waals surface area contributed by atoms with Gasteiger partial charge in [0.25, 0.3) is 5.91 Å². The highest BCUT2D eigenvalue weighted by molar-refractivity contribution is 6.05. The quantitative estimate of drug-likeness (QED) is 0.947. The van der Waals surface area contributed by atoms with E-state index in [4.69, 9.17) is 4.74 Å². The summed E-state index contributed by atoms with van der Waals surface area (Å²) < 4.78 is 5.17. The van der Waals surface area contributed by atoms with Crippen molar-refractivity contribution >= 4 is 17.7 Å². The average Bonchev–Trinajstić information content (AvgIpc) is 2.79. The fourth-order valence-corrected chi connectivity index (χ4v) is 2.50. The van der Waals surface area contributed by atoms with Gasteiger partial charge in [-0.3, -0.25) is 4.79 Å². The number of anilines is 1. The second kappa shape index (κ2) is 5.89. The number of carbonyl (C=O) groups excluding carboxylic acids is 2. The molecule has 2 aromatic carbocycles. The number of nitrogens with zero attached hydrogens (tertiary/aromatic N) is 1. The first-order chi connectivity index (χ1) is 10.7. The highest BCUT2D eigenvalue weighted by Gasteiger charge is 2.36. The van der Waals surface area contributed by atoms with Crippen LogP contribution in [0.2, 0.25) is 0 Å². The van der Waals surface area contributed by atoms with Gasteiger partial charge in [0.05, 0.1) is 0 Å². The summed E-state index contributed by atoms with van der Waals surface area (Å²) in [6.45, 7) is 0.172. The van der Waals surface area contributed by atoms with Gasteiger partial charge >= 0.3 is 6.09 Å². The average molecular weight is 296 g/mol. The van der Waals surface area contributed by atoms with Gasteiger partial charge in [0.15, 0.2) is 0 Å². The number of carbonyl (C=O) groups is 2. The Labute approximate surface area is 128 Å². The molecular formula is C17H16N2O3. The highest BCUT2D eigenvalue weighted by Crippen LogP contribution is 2.34. The number of likely N-dealkylation sites (N-methyl/N-ethyl adjacent to an activating group) is 1. The number of hydrogen-bond donors (Lipinski definition) is 1. The van der Waals surface area contributed by atoms with Crippen LogP contribution in [0.15, 0.2) is 54.6 Å². The third-order valence-electron chi connectivity index (χ3n) is 3.66. The summed E-state index contributed by atoms with van der Waals surface area (Å²) in [4.78, 5) is 25.7. The summed E-state index contributed by atoms with van der Waals surface area (Å²) in [5.74, 6) is -0.169. The molecule has 0 aliphatic carbocycles. The number of nitrogens with one attached hydrogen (secondary N) is 1. The SMILES string of the molecule is CN1C(=O)C(NC(=O)OCc2ccccc2)c2ccccc21. The summed E-state index contributed by atoms with van der Waals surface area (Å²) in [5, 5.41) is 2.63. The number of hydrogen-bond acceptors (Lipinski definition) is 3. The number of para-hydroxylation sites is 1. The van der Waals surface area contributed by atoms with Gasteiger partial charge < -0.3 is 15.0 Å². The minimum atomic E-state index is -0.690. The number of ether oxygens (including phenoxy) is 1. The molecule has 0 fully saturated rings. The molecule has 2 aromatic rings. The number of rotatable bonds is 3. The molecule has 0 spiro atoms. The Morgan fingerprint density at radius 2 is 1.82 bits per heavy atom. The topological polar surface area (TPSA) is 58.6 Å². The van der Waals surface area contributed by atoms with Crippen molar-refractivity contribution in [1.82, 2.24) is 5.32 Å². The Kier molecular flexibility index (Phi) is 3.78. The van der Waals surface area contributed by atoms with Crippen LogP contribution in [-0.2, 0) is 16.1 Å². The summed E-state index contributed by atoms with van der Waals surface area (Å²) in [6.07, 6.45) is -0.604. The summed E-state index contributed by atoms with van der Waals surface area (Å²) in [7, 11) is 1.69. The van der Waals surface area contributed by atoms with Crippen LogP contribution in [0.25, 0.3) is 0 Å². The Balaban J connectivity index is 1.66. The van der Waals surface area contributed by atoms with Gasteiger partial charge in [0.2, 0.25) is 0 Å². The van der Waals surface area contributed by atoms with Crippen molar-refractivity contribution in [2.75, 3.05) is 11.9 Å². The van der Waals surface area contributed by atoms with Crippen LogP contribution in [0.4, 0.5) is 10.5 Å². The van der Waals surface area contributed by atoms with E-state index in [0.717, 1.165) is 16.8 Å². The van der Waals surface area contributed by atoms with Crippen molar-refractivity contribution in [2.24, 2.45) is 0 Å². The molecule has 3 rings (SSSR count). The smallest absolute Gasteiger partial charge is 0.408 e. The molecule has 112 valence electrons. The second-order valence-electron chi connectivity index (χ2n) is 5.10. The van der Waals surface area contributed by atoms with Gasteiger partial charge in [-0.25, -0.2) is 4.79 Å². The van der Waals surface area contributed by atoms with Gasteiger partial charge in [-0.1, -0.05) is 48.5 Å². The molecule has 1 atom stereocenters. The molecule has 0 saturated heterocycles. The Morgan fingerprint density at radius 3 is 2.59 bits per heavy atom. The lowest BCUT2D eigenvalue weighted by Gasteiger charge is -2.13. The van der Waals surface area contributed by atoms with Gasteiger partial charge in [-0.05, 0) is 11.6 Å². The van der Waals surface area contributed by atoms with Crippen molar-refractivity contribution < 1.29 is 14.3 Å². The van der Waals surface area contributed by atoms with Crippen LogP contribution >= 0.6 is 0 Å². The van der Waals surface area contributed by atoms with Gasteiger partial charge in [-0.2, -0.15) is 0 Å². The van der Waals surface area contributed by atoms with E-state index in [0.29, 0.717) is 0 Å². The molecule has 1 heterocycles. The molecule has 22 heavy (non-hydrogen) atoms. The lowest BCUT2D eigenvalue weighted by molar-refractivity contribution is -0.119. The number of amides is 2. The third kappa shape index (κ3) is 2.65. The first-order valence-electron chi connectivity index (χ1n) is 7.00. The van der Waals surface area contributed by atoms with E-state index < -0.39 is 12.1 Å². The molecule has 2 amide bonds. The largest absolute Gasteiger partial charge is 0.445 e. The lowest BCUT2D eigenvalue weighted by Crippen LogP contribution is -2.36. The Bertz CT molecular complexity index is 700. The molecule has 1 N–H and O–H groups in total. The number of alkyl carbamates (subject to hydrolysis) is 1. The first kappa shape index (κ1) is 14.1. The third-order valence-corrected chi connectivity index (χ3v) is 3.66. The predicted octanol–water partition coefficient (Wildman–Crippen LogP) is 2.63.